The molecule has 0 radical (unpaired) electrons. The van der Waals surface area contributed by atoms with E-state index in [1.807, 2.05) is 6.92 Å². The lowest BCUT2D eigenvalue weighted by atomic mass is 9.95. The van der Waals surface area contributed by atoms with Crippen molar-refractivity contribution in [2.45, 2.75) is 39.1 Å². The molecular formula is C11H22F3NS. The first-order valence-electron chi connectivity index (χ1n) is 5.76. The molecular weight excluding hydrogens is 235 g/mol. The average molecular weight is 257 g/mol. The van der Waals surface area contributed by atoms with Crippen molar-refractivity contribution in [2.24, 2.45) is 11.8 Å². The van der Waals surface area contributed by atoms with Gasteiger partial charge in [-0.15, -0.1) is 0 Å². The Balaban J connectivity index is 3.82. The van der Waals surface area contributed by atoms with Gasteiger partial charge in [-0.1, -0.05) is 32.5 Å². The molecule has 1 atom stereocenters. The predicted octanol–water partition coefficient (Wildman–Crippen LogP) is 3.90. The Kier molecular flexibility index (Phi) is 8.28. The van der Waals surface area contributed by atoms with E-state index in [0.717, 1.165) is 19.5 Å². The molecule has 0 heterocycles. The molecule has 0 saturated heterocycles. The highest BCUT2D eigenvalue weighted by atomic mass is 32.2. The largest absolute Gasteiger partial charge is 0.441 e. The number of alkyl halides is 3. The lowest BCUT2D eigenvalue weighted by molar-refractivity contribution is -0.0328. The summed E-state index contributed by atoms with van der Waals surface area (Å²) >= 11 is 0.0947. The zero-order chi connectivity index (χ0) is 12.6. The molecule has 0 aliphatic heterocycles. The van der Waals surface area contributed by atoms with E-state index in [1.165, 1.54) is 0 Å². The molecule has 0 amide bonds. The van der Waals surface area contributed by atoms with Crippen molar-refractivity contribution in [1.82, 2.24) is 5.32 Å². The zero-order valence-corrected chi connectivity index (χ0v) is 11.0. The molecule has 1 unspecified atom stereocenters. The second-order valence-corrected chi connectivity index (χ2v) is 5.55. The highest BCUT2D eigenvalue weighted by Crippen LogP contribution is 2.31. The number of hydrogen-bond acceptors (Lipinski definition) is 2. The molecule has 0 aromatic rings. The van der Waals surface area contributed by atoms with Gasteiger partial charge in [0.15, 0.2) is 0 Å². The minimum atomic E-state index is -4.08. The third kappa shape index (κ3) is 10.6. The van der Waals surface area contributed by atoms with Gasteiger partial charge in [-0.2, -0.15) is 13.2 Å². The van der Waals surface area contributed by atoms with Gasteiger partial charge >= 0.3 is 5.51 Å². The van der Waals surface area contributed by atoms with E-state index in [0.29, 0.717) is 18.3 Å². The van der Waals surface area contributed by atoms with Gasteiger partial charge in [0.2, 0.25) is 0 Å². The van der Waals surface area contributed by atoms with Gasteiger partial charge in [0, 0.05) is 5.75 Å². The van der Waals surface area contributed by atoms with Crippen molar-refractivity contribution in [2.75, 3.05) is 18.8 Å². The Morgan fingerprint density at radius 3 is 2.31 bits per heavy atom. The van der Waals surface area contributed by atoms with Crippen LogP contribution in [0.15, 0.2) is 0 Å². The van der Waals surface area contributed by atoms with Crippen LogP contribution in [0.3, 0.4) is 0 Å². The van der Waals surface area contributed by atoms with Crippen molar-refractivity contribution >= 4 is 11.8 Å². The molecule has 0 rings (SSSR count). The fourth-order valence-corrected chi connectivity index (χ4v) is 2.34. The first-order chi connectivity index (χ1) is 7.35. The fourth-order valence-electron chi connectivity index (χ4n) is 1.66. The number of hydrogen-bond donors (Lipinski definition) is 1. The van der Waals surface area contributed by atoms with E-state index in [2.05, 4.69) is 19.2 Å². The third-order valence-electron chi connectivity index (χ3n) is 2.28. The highest BCUT2D eigenvalue weighted by Gasteiger charge is 2.28. The SMILES string of the molecule is CCNCC(CCSC(F)(F)F)CC(C)C. The summed E-state index contributed by atoms with van der Waals surface area (Å²) in [6.45, 7) is 7.93. The predicted molar refractivity (Wildman–Crippen MR) is 64.6 cm³/mol. The maximum absolute atomic E-state index is 12.0. The smallest absolute Gasteiger partial charge is 0.317 e. The molecule has 0 spiro atoms. The van der Waals surface area contributed by atoms with E-state index < -0.39 is 5.51 Å². The summed E-state index contributed by atoms with van der Waals surface area (Å²) in [7, 11) is 0. The van der Waals surface area contributed by atoms with Gasteiger partial charge in [0.1, 0.15) is 0 Å². The van der Waals surface area contributed by atoms with Crippen LogP contribution < -0.4 is 5.32 Å². The molecule has 0 aliphatic rings. The first-order valence-corrected chi connectivity index (χ1v) is 6.75. The molecule has 1 nitrogen and oxygen atoms in total. The molecule has 0 aromatic heterocycles. The van der Waals surface area contributed by atoms with Crippen LogP contribution in [0.1, 0.15) is 33.6 Å². The molecule has 0 bridgehead atoms. The van der Waals surface area contributed by atoms with E-state index in [-0.39, 0.29) is 17.5 Å². The van der Waals surface area contributed by atoms with Gasteiger partial charge < -0.3 is 5.32 Å². The Labute approximate surface area is 101 Å². The summed E-state index contributed by atoms with van der Waals surface area (Å²) < 4.78 is 35.9. The highest BCUT2D eigenvalue weighted by molar-refractivity contribution is 8.00. The summed E-state index contributed by atoms with van der Waals surface area (Å²) in [5.74, 6) is 1.07. The fraction of sp³-hybridized carbons (Fsp3) is 1.00. The van der Waals surface area contributed by atoms with Crippen molar-refractivity contribution < 1.29 is 13.2 Å². The Morgan fingerprint density at radius 2 is 1.88 bits per heavy atom. The van der Waals surface area contributed by atoms with Crippen molar-refractivity contribution in [3.8, 4) is 0 Å². The summed E-state index contributed by atoms with van der Waals surface area (Å²) in [4.78, 5) is 0. The van der Waals surface area contributed by atoms with Crippen molar-refractivity contribution in [3.63, 3.8) is 0 Å². The van der Waals surface area contributed by atoms with Crippen LogP contribution >= 0.6 is 11.8 Å². The first kappa shape index (κ1) is 16.1. The van der Waals surface area contributed by atoms with E-state index in [4.69, 9.17) is 0 Å². The Bertz CT molecular complexity index is 171. The average Bonchev–Trinajstić information content (AvgIpc) is 2.11. The van der Waals surface area contributed by atoms with E-state index in [1.54, 1.807) is 0 Å². The second kappa shape index (κ2) is 8.23. The molecule has 16 heavy (non-hydrogen) atoms. The minimum Gasteiger partial charge on any atom is -0.317 e. The lowest BCUT2D eigenvalue weighted by Gasteiger charge is -2.19. The Hall–Kier alpha value is 0.100. The van der Waals surface area contributed by atoms with Crippen molar-refractivity contribution in [3.05, 3.63) is 0 Å². The molecule has 1 N–H and O–H groups in total. The van der Waals surface area contributed by atoms with E-state index >= 15 is 0 Å². The molecule has 0 aliphatic carbocycles. The maximum atomic E-state index is 12.0. The van der Waals surface area contributed by atoms with Crippen LogP contribution in [0.4, 0.5) is 13.2 Å². The third-order valence-corrected chi connectivity index (χ3v) is 3.05. The molecule has 0 fully saturated rings. The van der Waals surface area contributed by atoms with Gasteiger partial charge in [-0.05, 0) is 37.8 Å². The van der Waals surface area contributed by atoms with Crippen LogP contribution in [-0.4, -0.2) is 24.4 Å². The summed E-state index contributed by atoms with van der Waals surface area (Å²) in [6, 6.07) is 0. The van der Waals surface area contributed by atoms with Crippen LogP contribution in [0.2, 0.25) is 0 Å². The second-order valence-electron chi connectivity index (χ2n) is 4.39. The van der Waals surface area contributed by atoms with Gasteiger partial charge in [0.05, 0.1) is 0 Å². The van der Waals surface area contributed by atoms with Crippen LogP contribution in [0.5, 0.6) is 0 Å². The summed E-state index contributed by atoms with van der Waals surface area (Å²) in [5, 5.41) is 3.21. The number of halogens is 3. The van der Waals surface area contributed by atoms with Crippen LogP contribution in [0, 0.1) is 11.8 Å². The summed E-state index contributed by atoms with van der Waals surface area (Å²) in [6.07, 6.45) is 1.63. The summed E-state index contributed by atoms with van der Waals surface area (Å²) in [5.41, 5.74) is -4.08. The molecule has 98 valence electrons. The monoisotopic (exact) mass is 257 g/mol. The van der Waals surface area contributed by atoms with Gasteiger partial charge in [0.25, 0.3) is 0 Å². The number of nitrogens with one attached hydrogen (secondary N) is 1. The molecule has 0 saturated carbocycles. The lowest BCUT2D eigenvalue weighted by Crippen LogP contribution is -2.24. The normalized spacial score (nSPS) is 14.4. The van der Waals surface area contributed by atoms with Gasteiger partial charge in [-0.3, -0.25) is 0 Å². The standard InChI is InChI=1S/C11H22F3NS/c1-4-15-8-10(7-9(2)3)5-6-16-11(12,13)14/h9-10,15H,4-8H2,1-3H3. The van der Waals surface area contributed by atoms with Gasteiger partial charge in [-0.25, -0.2) is 0 Å². The number of thioether (sulfide) groups is 1. The van der Waals surface area contributed by atoms with Crippen LogP contribution in [-0.2, 0) is 0 Å². The van der Waals surface area contributed by atoms with E-state index in [9.17, 15) is 13.2 Å². The van der Waals surface area contributed by atoms with Crippen LogP contribution in [0.25, 0.3) is 0 Å². The molecule has 5 heteroatoms. The van der Waals surface area contributed by atoms with Crippen molar-refractivity contribution in [1.29, 1.82) is 0 Å². The number of rotatable bonds is 8. The topological polar surface area (TPSA) is 12.0 Å². The Morgan fingerprint density at radius 1 is 1.25 bits per heavy atom. The zero-order valence-electron chi connectivity index (χ0n) is 10.2. The maximum Gasteiger partial charge on any atom is 0.441 e. The quantitative estimate of drug-likeness (QED) is 0.707. The minimum absolute atomic E-state index is 0.0947. The molecule has 0 aromatic carbocycles.